The molecule has 0 atom stereocenters. The van der Waals surface area contributed by atoms with Crippen LogP contribution in [-0.2, 0) is 6.42 Å². The number of rotatable bonds is 6. The van der Waals surface area contributed by atoms with E-state index in [1.54, 1.807) is 18.4 Å². The van der Waals surface area contributed by atoms with Crippen LogP contribution in [0.2, 0.25) is 0 Å². The molecule has 4 aromatic rings. The second-order valence-electron chi connectivity index (χ2n) is 7.96. The number of hydrogen-bond donors (Lipinski definition) is 0. The lowest BCUT2D eigenvalue weighted by atomic mass is 10.0. The molecule has 5 nitrogen and oxygen atoms in total. The van der Waals surface area contributed by atoms with Crippen molar-refractivity contribution in [1.82, 2.24) is 9.27 Å². The average molecular weight is 432 g/mol. The van der Waals surface area contributed by atoms with E-state index in [2.05, 4.69) is 45.7 Å². The summed E-state index contributed by atoms with van der Waals surface area (Å²) in [4.78, 5) is 17.8. The van der Waals surface area contributed by atoms with Gasteiger partial charge in [-0.3, -0.25) is 9.69 Å². The van der Waals surface area contributed by atoms with E-state index in [1.165, 1.54) is 17.1 Å². The molecule has 2 aromatic carbocycles. The zero-order valence-electron chi connectivity index (χ0n) is 17.3. The van der Waals surface area contributed by atoms with Crippen LogP contribution in [0.25, 0.3) is 10.1 Å². The van der Waals surface area contributed by atoms with Gasteiger partial charge in [0.1, 0.15) is 0 Å². The van der Waals surface area contributed by atoms with Gasteiger partial charge in [-0.05, 0) is 60.6 Å². The van der Waals surface area contributed by atoms with E-state index in [0.717, 1.165) is 54.8 Å². The molecule has 3 heterocycles. The summed E-state index contributed by atoms with van der Waals surface area (Å²) < 4.78 is 11.2. The minimum atomic E-state index is -0.108. The molecule has 0 spiro atoms. The van der Waals surface area contributed by atoms with E-state index >= 15 is 0 Å². The highest BCUT2D eigenvalue weighted by atomic mass is 32.1. The van der Waals surface area contributed by atoms with Gasteiger partial charge in [0.15, 0.2) is 11.6 Å². The molecule has 31 heavy (non-hydrogen) atoms. The van der Waals surface area contributed by atoms with Crippen molar-refractivity contribution in [2.75, 3.05) is 24.5 Å². The van der Waals surface area contributed by atoms with Crippen LogP contribution in [0, 0.1) is 0 Å². The van der Waals surface area contributed by atoms with Gasteiger partial charge < -0.3 is 9.32 Å². The summed E-state index contributed by atoms with van der Waals surface area (Å²) in [6, 6.07) is 22.3. The number of hydrogen-bond acceptors (Lipinski definition) is 5. The molecule has 1 saturated heterocycles. The molecule has 0 aliphatic carbocycles. The number of furan rings is 1. The Kier molecular flexibility index (Phi) is 5.82. The van der Waals surface area contributed by atoms with E-state index in [0.29, 0.717) is 5.76 Å². The van der Waals surface area contributed by atoms with E-state index in [1.807, 2.05) is 23.1 Å². The van der Waals surface area contributed by atoms with Crippen LogP contribution < -0.4 is 4.90 Å². The Morgan fingerprint density at radius 3 is 2.58 bits per heavy atom. The molecule has 1 aliphatic rings. The maximum Gasteiger partial charge on any atom is 0.295 e. The number of carbonyl (C=O) groups excluding carboxylic acids is 1. The molecule has 0 radical (unpaired) electrons. The first kappa shape index (κ1) is 20.0. The second kappa shape index (κ2) is 9.04. The summed E-state index contributed by atoms with van der Waals surface area (Å²) in [5, 5.41) is 1.03. The number of piperidine rings is 1. The molecule has 0 N–H and O–H groups in total. The number of amides is 1. The number of benzene rings is 2. The van der Waals surface area contributed by atoms with Gasteiger partial charge in [0, 0.05) is 31.1 Å². The summed E-state index contributed by atoms with van der Waals surface area (Å²) >= 11 is 1.44. The lowest BCUT2D eigenvalue weighted by Gasteiger charge is -2.37. The summed E-state index contributed by atoms with van der Waals surface area (Å²) in [6.07, 6.45) is 4.45. The second-order valence-corrected chi connectivity index (χ2v) is 8.77. The van der Waals surface area contributed by atoms with Crippen molar-refractivity contribution >= 4 is 33.3 Å². The molecule has 1 amide bonds. The third-order valence-electron chi connectivity index (χ3n) is 6.02. The quantitative estimate of drug-likeness (QED) is 0.419. The third-order valence-corrected chi connectivity index (χ3v) is 6.84. The number of anilines is 1. The van der Waals surface area contributed by atoms with Crippen LogP contribution in [0.4, 0.5) is 5.82 Å². The summed E-state index contributed by atoms with van der Waals surface area (Å²) in [5.41, 5.74) is 1.37. The van der Waals surface area contributed by atoms with Crippen molar-refractivity contribution in [1.29, 1.82) is 0 Å². The zero-order chi connectivity index (χ0) is 21.0. The minimum Gasteiger partial charge on any atom is -0.459 e. The van der Waals surface area contributed by atoms with Crippen molar-refractivity contribution in [3.8, 4) is 0 Å². The van der Waals surface area contributed by atoms with Gasteiger partial charge in [0.2, 0.25) is 0 Å². The van der Waals surface area contributed by atoms with Gasteiger partial charge in [0.25, 0.3) is 5.91 Å². The summed E-state index contributed by atoms with van der Waals surface area (Å²) in [6.45, 7) is 2.99. The number of likely N-dealkylation sites (tertiary alicyclic amines) is 1. The highest BCUT2D eigenvalue weighted by Gasteiger charge is 2.33. The molecule has 0 unspecified atom stereocenters. The smallest absolute Gasteiger partial charge is 0.295 e. The summed E-state index contributed by atoms with van der Waals surface area (Å²) in [5.74, 6) is 1.01. The van der Waals surface area contributed by atoms with Gasteiger partial charge >= 0.3 is 0 Å². The molecule has 5 rings (SSSR count). The first-order valence-corrected chi connectivity index (χ1v) is 11.5. The largest absolute Gasteiger partial charge is 0.459 e. The van der Waals surface area contributed by atoms with E-state index in [9.17, 15) is 4.79 Å². The minimum absolute atomic E-state index is 0.107. The first-order valence-electron chi connectivity index (χ1n) is 10.8. The van der Waals surface area contributed by atoms with Crippen LogP contribution in [0.15, 0.2) is 77.4 Å². The fraction of sp³-hybridized carbons (Fsp3) is 0.280. The molecule has 1 fully saturated rings. The lowest BCUT2D eigenvalue weighted by Crippen LogP contribution is -2.48. The number of carbonyl (C=O) groups is 1. The Bertz CT molecular complexity index is 1130. The standard InChI is InChI=1S/C25H25N3O2S/c29-25(22-10-6-18-30-22)28(24-21-9-4-5-11-23(21)31-26-24)20-13-16-27(17-14-20)15-12-19-7-2-1-3-8-19/h1-11,18,20H,12-17H2. The molecule has 6 heteroatoms. The van der Waals surface area contributed by atoms with Crippen LogP contribution in [0.1, 0.15) is 29.0 Å². The van der Waals surface area contributed by atoms with Crippen molar-refractivity contribution in [2.45, 2.75) is 25.3 Å². The fourth-order valence-electron chi connectivity index (χ4n) is 4.33. The van der Waals surface area contributed by atoms with Crippen molar-refractivity contribution < 1.29 is 9.21 Å². The molecule has 158 valence electrons. The van der Waals surface area contributed by atoms with Crippen LogP contribution in [0.3, 0.4) is 0 Å². The average Bonchev–Trinajstić information content (AvgIpc) is 3.50. The highest BCUT2D eigenvalue weighted by molar-refractivity contribution is 7.13. The third kappa shape index (κ3) is 4.27. The van der Waals surface area contributed by atoms with Crippen LogP contribution in [-0.4, -0.2) is 40.9 Å². The monoisotopic (exact) mass is 431 g/mol. The topological polar surface area (TPSA) is 49.6 Å². The number of aromatic nitrogens is 1. The Labute approximate surface area is 186 Å². The lowest BCUT2D eigenvalue weighted by molar-refractivity contribution is 0.0933. The maximum absolute atomic E-state index is 13.4. The number of fused-ring (bicyclic) bond motifs is 1. The van der Waals surface area contributed by atoms with Gasteiger partial charge in [-0.2, -0.15) is 4.37 Å². The normalized spacial score (nSPS) is 15.4. The van der Waals surface area contributed by atoms with Crippen molar-refractivity contribution in [2.24, 2.45) is 0 Å². The van der Waals surface area contributed by atoms with Gasteiger partial charge in [-0.1, -0.05) is 42.5 Å². The Morgan fingerprint density at radius 2 is 1.81 bits per heavy atom. The predicted molar refractivity (Wildman–Crippen MR) is 125 cm³/mol. The Balaban J connectivity index is 1.34. The predicted octanol–water partition coefficient (Wildman–Crippen LogP) is 5.24. The molecule has 0 bridgehead atoms. The highest BCUT2D eigenvalue weighted by Crippen LogP contribution is 2.33. The molecule has 2 aromatic heterocycles. The van der Waals surface area contributed by atoms with Crippen molar-refractivity contribution in [3.63, 3.8) is 0 Å². The van der Waals surface area contributed by atoms with Crippen molar-refractivity contribution in [3.05, 3.63) is 84.3 Å². The van der Waals surface area contributed by atoms with Gasteiger partial charge in [-0.15, -0.1) is 0 Å². The van der Waals surface area contributed by atoms with Crippen LogP contribution >= 0.6 is 11.5 Å². The molecule has 1 aliphatic heterocycles. The molecular formula is C25H25N3O2S. The summed E-state index contributed by atoms with van der Waals surface area (Å²) in [7, 11) is 0. The maximum atomic E-state index is 13.4. The zero-order valence-corrected chi connectivity index (χ0v) is 18.1. The van der Waals surface area contributed by atoms with Gasteiger partial charge in [-0.25, -0.2) is 0 Å². The van der Waals surface area contributed by atoms with Crippen LogP contribution in [0.5, 0.6) is 0 Å². The Hall–Kier alpha value is -2.96. The SMILES string of the molecule is O=C(c1ccco1)N(c1nsc2ccccc12)C1CCN(CCc2ccccc2)CC1. The van der Waals surface area contributed by atoms with E-state index in [-0.39, 0.29) is 11.9 Å². The molecule has 0 saturated carbocycles. The molecular weight excluding hydrogens is 406 g/mol. The van der Waals surface area contributed by atoms with Gasteiger partial charge in [0.05, 0.1) is 11.0 Å². The van der Waals surface area contributed by atoms with E-state index in [4.69, 9.17) is 4.42 Å². The fourth-order valence-corrected chi connectivity index (χ4v) is 5.10. The Morgan fingerprint density at radius 1 is 1.03 bits per heavy atom. The van der Waals surface area contributed by atoms with E-state index < -0.39 is 0 Å². The first-order chi connectivity index (χ1) is 15.3. The number of nitrogens with zero attached hydrogens (tertiary/aromatic N) is 3.